The highest BCUT2D eigenvalue weighted by atomic mass is 16.5. The second kappa shape index (κ2) is 6.98. The van der Waals surface area contributed by atoms with Crippen molar-refractivity contribution in [3.05, 3.63) is 59.2 Å². The fourth-order valence-electron chi connectivity index (χ4n) is 2.14. The van der Waals surface area contributed by atoms with Gasteiger partial charge in [-0.25, -0.2) is 0 Å². The molecule has 2 aromatic rings. The lowest BCUT2D eigenvalue weighted by Crippen LogP contribution is -2.31. The number of phenolic OH excluding ortho intramolecular Hbond substituents is 1. The van der Waals surface area contributed by atoms with E-state index >= 15 is 0 Å². The van der Waals surface area contributed by atoms with E-state index in [2.05, 4.69) is 0 Å². The number of aryl methyl sites for hydroxylation is 2. The van der Waals surface area contributed by atoms with Crippen LogP contribution in [-0.2, 0) is 0 Å². The number of para-hydroxylation sites is 1. The quantitative estimate of drug-likeness (QED) is 0.922. The van der Waals surface area contributed by atoms with Crippen LogP contribution in [-0.4, -0.2) is 36.1 Å². The minimum absolute atomic E-state index is 0.00210. The lowest BCUT2D eigenvalue weighted by atomic mass is 10.1. The average molecular weight is 299 g/mol. The van der Waals surface area contributed by atoms with Crippen molar-refractivity contribution in [1.29, 1.82) is 0 Å². The lowest BCUT2D eigenvalue weighted by Gasteiger charge is -2.19. The number of carbonyl (C=O) groups is 1. The molecule has 0 fully saturated rings. The Morgan fingerprint density at radius 1 is 1.18 bits per heavy atom. The Morgan fingerprint density at radius 3 is 2.64 bits per heavy atom. The zero-order valence-electron chi connectivity index (χ0n) is 13.2. The molecule has 0 aliphatic carbocycles. The molecule has 0 heterocycles. The molecule has 0 aliphatic heterocycles. The maximum Gasteiger partial charge on any atom is 0.257 e. The van der Waals surface area contributed by atoms with Crippen LogP contribution in [0.25, 0.3) is 0 Å². The third-order valence-electron chi connectivity index (χ3n) is 3.51. The number of hydrogen-bond donors (Lipinski definition) is 1. The number of rotatable bonds is 5. The number of hydrogen-bond acceptors (Lipinski definition) is 3. The summed E-state index contributed by atoms with van der Waals surface area (Å²) < 4.78 is 5.69. The fourth-order valence-corrected chi connectivity index (χ4v) is 2.14. The third-order valence-corrected chi connectivity index (χ3v) is 3.51. The Bertz CT molecular complexity index is 667. The van der Waals surface area contributed by atoms with Gasteiger partial charge in [-0.05, 0) is 37.6 Å². The van der Waals surface area contributed by atoms with E-state index in [1.807, 2.05) is 38.1 Å². The third kappa shape index (κ3) is 3.79. The molecule has 0 unspecified atom stereocenters. The summed E-state index contributed by atoms with van der Waals surface area (Å²) >= 11 is 0. The van der Waals surface area contributed by atoms with Crippen molar-refractivity contribution in [2.45, 2.75) is 13.8 Å². The zero-order valence-corrected chi connectivity index (χ0v) is 13.2. The first-order valence-electron chi connectivity index (χ1n) is 7.22. The van der Waals surface area contributed by atoms with Gasteiger partial charge in [0.25, 0.3) is 5.91 Å². The SMILES string of the molecule is Cc1ccc(O)c(C(=O)N(C)CCOc2ccccc2C)c1. The molecule has 0 aliphatic rings. The number of benzene rings is 2. The first-order chi connectivity index (χ1) is 10.5. The largest absolute Gasteiger partial charge is 0.507 e. The van der Waals surface area contributed by atoms with Crippen LogP contribution in [0, 0.1) is 13.8 Å². The van der Waals surface area contributed by atoms with Crippen molar-refractivity contribution in [3.63, 3.8) is 0 Å². The van der Waals surface area contributed by atoms with E-state index in [0.717, 1.165) is 16.9 Å². The van der Waals surface area contributed by atoms with Crippen LogP contribution in [0.2, 0.25) is 0 Å². The first kappa shape index (κ1) is 15.9. The highest BCUT2D eigenvalue weighted by Gasteiger charge is 2.15. The Labute approximate surface area is 131 Å². The fraction of sp³-hybridized carbons (Fsp3) is 0.278. The lowest BCUT2D eigenvalue weighted by molar-refractivity contribution is 0.0770. The summed E-state index contributed by atoms with van der Waals surface area (Å²) in [6.07, 6.45) is 0. The summed E-state index contributed by atoms with van der Waals surface area (Å²) in [6.45, 7) is 4.71. The van der Waals surface area contributed by atoms with E-state index < -0.39 is 0 Å². The van der Waals surface area contributed by atoms with Gasteiger partial charge in [-0.2, -0.15) is 0 Å². The van der Waals surface area contributed by atoms with E-state index in [-0.39, 0.29) is 11.7 Å². The average Bonchev–Trinajstić information content (AvgIpc) is 2.50. The Kier molecular flexibility index (Phi) is 5.04. The second-order valence-corrected chi connectivity index (χ2v) is 5.36. The van der Waals surface area contributed by atoms with Gasteiger partial charge in [-0.1, -0.05) is 29.8 Å². The molecular formula is C18H21NO3. The molecule has 0 saturated heterocycles. The molecule has 0 saturated carbocycles. The number of ether oxygens (including phenoxy) is 1. The minimum atomic E-state index is -0.213. The smallest absolute Gasteiger partial charge is 0.257 e. The van der Waals surface area contributed by atoms with Crippen LogP contribution in [0.3, 0.4) is 0 Å². The summed E-state index contributed by atoms with van der Waals surface area (Å²) in [5.41, 5.74) is 2.32. The summed E-state index contributed by atoms with van der Waals surface area (Å²) in [5, 5.41) is 9.82. The summed E-state index contributed by atoms with van der Waals surface area (Å²) in [7, 11) is 1.70. The Hall–Kier alpha value is -2.49. The number of likely N-dealkylation sites (N-methyl/N-ethyl adjacent to an activating group) is 1. The van der Waals surface area contributed by atoms with Crippen molar-refractivity contribution >= 4 is 5.91 Å². The van der Waals surface area contributed by atoms with Gasteiger partial charge in [0.05, 0.1) is 12.1 Å². The number of phenols is 1. The number of aromatic hydroxyl groups is 1. The zero-order chi connectivity index (χ0) is 16.1. The van der Waals surface area contributed by atoms with Gasteiger partial charge in [0.2, 0.25) is 0 Å². The normalized spacial score (nSPS) is 10.3. The second-order valence-electron chi connectivity index (χ2n) is 5.36. The first-order valence-corrected chi connectivity index (χ1v) is 7.22. The number of amides is 1. The Balaban J connectivity index is 1.94. The van der Waals surface area contributed by atoms with Crippen molar-refractivity contribution in [2.75, 3.05) is 20.2 Å². The summed E-state index contributed by atoms with van der Waals surface area (Å²) in [4.78, 5) is 13.9. The van der Waals surface area contributed by atoms with Gasteiger partial charge in [0.1, 0.15) is 18.1 Å². The molecule has 22 heavy (non-hydrogen) atoms. The van der Waals surface area contributed by atoms with Crippen LogP contribution >= 0.6 is 0 Å². The van der Waals surface area contributed by atoms with Crippen LogP contribution < -0.4 is 4.74 Å². The van der Waals surface area contributed by atoms with E-state index in [9.17, 15) is 9.90 Å². The van der Waals surface area contributed by atoms with Gasteiger partial charge >= 0.3 is 0 Å². The van der Waals surface area contributed by atoms with Crippen molar-refractivity contribution in [2.24, 2.45) is 0 Å². The Morgan fingerprint density at radius 2 is 1.91 bits per heavy atom. The molecule has 116 valence electrons. The molecule has 2 rings (SSSR count). The molecule has 4 heteroatoms. The van der Waals surface area contributed by atoms with Gasteiger partial charge in [-0.15, -0.1) is 0 Å². The minimum Gasteiger partial charge on any atom is -0.507 e. The van der Waals surface area contributed by atoms with E-state index in [0.29, 0.717) is 18.7 Å². The maximum atomic E-state index is 12.3. The standard InChI is InChI=1S/C18H21NO3/c1-13-8-9-16(20)15(12-13)18(21)19(3)10-11-22-17-7-5-4-6-14(17)2/h4-9,12,20H,10-11H2,1-3H3. The highest BCUT2D eigenvalue weighted by molar-refractivity contribution is 5.96. The predicted octanol–water partition coefficient (Wildman–Crippen LogP) is 3.16. The van der Waals surface area contributed by atoms with E-state index in [1.54, 1.807) is 30.1 Å². The van der Waals surface area contributed by atoms with Crippen LogP contribution in [0.5, 0.6) is 11.5 Å². The topological polar surface area (TPSA) is 49.8 Å². The number of carbonyl (C=O) groups excluding carboxylic acids is 1. The molecule has 1 N–H and O–H groups in total. The molecule has 1 amide bonds. The molecule has 0 atom stereocenters. The monoisotopic (exact) mass is 299 g/mol. The van der Waals surface area contributed by atoms with Crippen LogP contribution in [0.4, 0.5) is 0 Å². The molecule has 0 spiro atoms. The predicted molar refractivity (Wildman–Crippen MR) is 86.5 cm³/mol. The van der Waals surface area contributed by atoms with E-state index in [1.165, 1.54) is 0 Å². The van der Waals surface area contributed by atoms with Crippen LogP contribution in [0.15, 0.2) is 42.5 Å². The van der Waals surface area contributed by atoms with Gasteiger partial charge in [0, 0.05) is 7.05 Å². The van der Waals surface area contributed by atoms with Crippen molar-refractivity contribution in [1.82, 2.24) is 4.90 Å². The van der Waals surface area contributed by atoms with Crippen molar-refractivity contribution in [3.8, 4) is 11.5 Å². The molecule has 0 aromatic heterocycles. The molecule has 4 nitrogen and oxygen atoms in total. The highest BCUT2D eigenvalue weighted by Crippen LogP contribution is 2.20. The van der Waals surface area contributed by atoms with Crippen molar-refractivity contribution < 1.29 is 14.6 Å². The summed E-state index contributed by atoms with van der Waals surface area (Å²) in [5.74, 6) is 0.610. The molecular weight excluding hydrogens is 278 g/mol. The number of nitrogens with zero attached hydrogens (tertiary/aromatic N) is 1. The molecule has 2 aromatic carbocycles. The van der Waals surface area contributed by atoms with E-state index in [4.69, 9.17) is 4.74 Å². The van der Waals surface area contributed by atoms with Gasteiger partial charge < -0.3 is 14.7 Å². The van der Waals surface area contributed by atoms with Gasteiger partial charge in [0.15, 0.2) is 0 Å². The molecule has 0 bridgehead atoms. The summed E-state index contributed by atoms with van der Waals surface area (Å²) in [6, 6.07) is 12.8. The van der Waals surface area contributed by atoms with Crippen LogP contribution in [0.1, 0.15) is 21.5 Å². The van der Waals surface area contributed by atoms with Gasteiger partial charge in [-0.3, -0.25) is 4.79 Å². The molecule has 0 radical (unpaired) electrons. The maximum absolute atomic E-state index is 12.3.